The molecule has 25 rings (SSSR count). The number of fused-ring (bicyclic) bond motifs is 15. The molecular formula is C103H98FN11O15S6. The summed E-state index contributed by atoms with van der Waals surface area (Å²) in [5.41, 5.74) is 30.2. The van der Waals surface area contributed by atoms with E-state index in [-0.39, 0.29) is 74.6 Å². The van der Waals surface area contributed by atoms with Crippen LogP contribution in [0.5, 0.6) is 0 Å². The molecule has 0 saturated heterocycles. The molecule has 10 amide bonds. The third kappa shape index (κ3) is 16.9. The lowest BCUT2D eigenvalue weighted by Gasteiger charge is -2.19. The molecule has 698 valence electrons. The number of nitrogens with one attached hydrogen (secondary N) is 5. The van der Waals surface area contributed by atoms with E-state index in [9.17, 15) is 73.4 Å². The monoisotopic (exact) mass is 1940 g/mol. The largest absolute Gasteiger partial charge is 0.325 e. The number of halogens is 1. The van der Waals surface area contributed by atoms with Crippen molar-refractivity contribution in [1.29, 1.82) is 0 Å². The van der Waals surface area contributed by atoms with Crippen molar-refractivity contribution in [2.24, 2.45) is 21.8 Å². The number of amides is 10. The number of pyridine rings is 1. The average Bonchev–Trinajstić information content (AvgIpc) is 1.60. The van der Waals surface area contributed by atoms with Crippen molar-refractivity contribution in [3.8, 4) is 0 Å². The van der Waals surface area contributed by atoms with Gasteiger partial charge in [0.15, 0.2) is 0 Å². The number of nitrogens with zero attached hydrogens (tertiary/aromatic N) is 6. The molecule has 26 nitrogen and oxygen atoms in total. The number of aryl methyl sites for hydroxylation is 8. The number of rotatable bonds is 15. The van der Waals surface area contributed by atoms with Crippen LogP contribution in [-0.2, 0) is 207 Å². The van der Waals surface area contributed by atoms with Gasteiger partial charge in [-0.3, -0.25) is 47.9 Å². The minimum absolute atomic E-state index is 0.103. The van der Waals surface area contributed by atoms with Crippen molar-refractivity contribution in [2.45, 2.75) is 218 Å². The van der Waals surface area contributed by atoms with Crippen molar-refractivity contribution in [3.63, 3.8) is 0 Å². The number of aromatic nitrogens is 1. The third-order valence-corrected chi connectivity index (χ3v) is 40.1. The maximum Gasteiger partial charge on any atom is 0.296 e. The number of hydrogen-bond acceptors (Lipinski definition) is 17. The topological polar surface area (TPSA) is 391 Å². The average molecular weight is 1940 g/mol. The Hall–Kier alpha value is -12.0. The van der Waals surface area contributed by atoms with Crippen LogP contribution in [-0.4, -0.2) is 114 Å². The summed E-state index contributed by atoms with van der Waals surface area (Å²) < 4.78 is 99.9. The van der Waals surface area contributed by atoms with Crippen LogP contribution in [0.2, 0.25) is 0 Å². The summed E-state index contributed by atoms with van der Waals surface area (Å²) in [4.78, 5) is 130. The molecule has 10 aliphatic carbocycles. The smallest absolute Gasteiger partial charge is 0.296 e. The van der Waals surface area contributed by atoms with Gasteiger partial charge in [-0.05, 0) is 363 Å². The minimum atomic E-state index is -3.16. The van der Waals surface area contributed by atoms with Crippen LogP contribution in [0.4, 0.5) is 32.8 Å². The van der Waals surface area contributed by atoms with E-state index in [2.05, 4.69) is 77.6 Å². The first-order valence-corrected chi connectivity index (χ1v) is 56.3. The van der Waals surface area contributed by atoms with E-state index in [0.29, 0.717) is 71.5 Å². The maximum atomic E-state index is 14.8. The first kappa shape index (κ1) is 90.5. The lowest BCUT2D eigenvalue weighted by atomic mass is 9.97. The van der Waals surface area contributed by atoms with Crippen LogP contribution in [0.15, 0.2) is 168 Å². The molecule has 5 atom stereocenters. The molecule has 8 aromatic carbocycles. The molecule has 0 bridgehead atoms. The Bertz CT molecular complexity index is 7410. The zero-order valence-corrected chi connectivity index (χ0v) is 79.6. The third-order valence-electron chi connectivity index (χ3n) is 28.6. The summed E-state index contributed by atoms with van der Waals surface area (Å²) in [5.74, 6) is -5.80. The molecule has 136 heavy (non-hydrogen) atoms. The Morgan fingerprint density at radius 2 is 0.588 bits per heavy atom. The first-order chi connectivity index (χ1) is 65.6. The predicted octanol–water partition coefficient (Wildman–Crippen LogP) is 16.2. The Kier molecular flexibility index (Phi) is 24.0. The zero-order chi connectivity index (χ0) is 93.8. The van der Waals surface area contributed by atoms with Crippen molar-refractivity contribution >= 4 is 147 Å². The van der Waals surface area contributed by atoms with Crippen LogP contribution in [0, 0.1) is 5.82 Å². The summed E-state index contributed by atoms with van der Waals surface area (Å²) >= 11 is 1.23. The van der Waals surface area contributed by atoms with Gasteiger partial charge in [-0.2, -0.15) is 21.8 Å². The maximum absolute atomic E-state index is 14.8. The number of anilines is 5. The van der Waals surface area contributed by atoms with Crippen molar-refractivity contribution in [1.82, 2.24) is 4.98 Å². The Labute approximate surface area is 791 Å². The van der Waals surface area contributed by atoms with Crippen LogP contribution in [0.25, 0.3) is 0 Å². The summed E-state index contributed by atoms with van der Waals surface area (Å²) in [6.45, 7) is 0. The number of carbonyl (C=O) groups is 10. The van der Waals surface area contributed by atoms with Crippen LogP contribution in [0.1, 0.15) is 232 Å². The molecule has 15 aliphatic rings. The van der Waals surface area contributed by atoms with Crippen molar-refractivity contribution in [2.75, 3.05) is 55.3 Å². The normalized spacial score (nSPS) is 22.2. The minimum Gasteiger partial charge on any atom is -0.325 e. The van der Waals surface area contributed by atoms with E-state index in [0.717, 1.165) is 214 Å². The van der Waals surface area contributed by atoms with E-state index < -0.39 is 84.1 Å². The number of benzene rings is 8. The lowest BCUT2D eigenvalue weighted by Crippen LogP contribution is -2.28. The van der Waals surface area contributed by atoms with Gasteiger partial charge in [-0.25, -0.2) is 30.4 Å². The quantitative estimate of drug-likeness (QED) is 0.0636. The van der Waals surface area contributed by atoms with E-state index in [1.54, 1.807) is 90.3 Å². The van der Waals surface area contributed by atoms with Crippen LogP contribution in [0.3, 0.4) is 0 Å². The van der Waals surface area contributed by atoms with Gasteiger partial charge in [0.05, 0.1) is 76.0 Å². The SMILES string of the molecule is O=C(CS1(=O)=NC(=O)c2ccccc21)Nc1c2c(c(F)c3c1CCC3)CCC2.O=C(CS1(=O)=NC(=O)c2ccccc21)Nc1c2c(cc3c1CCC3)CCC2.O=C(CS1(=O)=NC(=O)c2ccccc2C1)Nc1c2c(cc3c1CCC3)CCC2.O=C(CS1(=O)=NC(=O)c2cccnc21)Nc1c2c(cc3c1CCC3)CCC2.O=C(CS1(=O)=NC(=O)c2sccc21)Nc1c2c(cc3c1CCC3)CCC2. The van der Waals surface area contributed by atoms with Crippen LogP contribution >= 0.6 is 11.3 Å². The fourth-order valence-electron chi connectivity index (χ4n) is 22.8. The summed E-state index contributed by atoms with van der Waals surface area (Å²) in [5, 5.41) is 17.0. The Balaban J connectivity index is 0.000000102. The second-order valence-electron chi connectivity index (χ2n) is 37.3. The number of hydrogen-bond donors (Lipinski definition) is 5. The molecule has 10 aromatic rings. The first-order valence-electron chi connectivity index (χ1n) is 46.9. The Morgan fingerprint density at radius 1 is 0.294 bits per heavy atom. The summed E-state index contributed by atoms with van der Waals surface area (Å²) in [6, 6.07) is 34.3. The van der Waals surface area contributed by atoms with Gasteiger partial charge in [0, 0.05) is 40.2 Å². The highest BCUT2D eigenvalue weighted by molar-refractivity contribution is 7.96. The van der Waals surface area contributed by atoms with Gasteiger partial charge in [-0.15, -0.1) is 11.3 Å². The molecule has 5 N–H and O–H groups in total. The molecule has 0 saturated carbocycles. The molecular weight excluding hydrogens is 1840 g/mol. The van der Waals surface area contributed by atoms with E-state index in [4.69, 9.17) is 0 Å². The highest BCUT2D eigenvalue weighted by Gasteiger charge is 2.41. The fraction of sp³-hybridized carbons (Fsp3) is 0.350. The highest BCUT2D eigenvalue weighted by Crippen LogP contribution is 2.47. The highest BCUT2D eigenvalue weighted by atomic mass is 32.2. The number of thiophene rings is 1. The van der Waals surface area contributed by atoms with E-state index in [1.165, 1.54) is 107 Å². The standard InChI is InChI=1S/C22H22N2O3S.C21H19FN2O3S.C21H20N2O3S.C20H19N3O3S.C19H18N2O3S2/c25-20(13-28(27)12-16-5-1-2-8-19(16)22(26)24-28)23-21-17-9-3-6-14(17)11-15-7-4-10-18(15)21;22-19-12-6-3-8-14(12)20(15-9-4-7-13(15)19)23-18(25)11-28(27)17-10-2-1-5-16(17)21(26)24-28;24-19(12-27(26)18-10-2-1-7-17(18)21(25)23-27)22-20-15-8-3-5-13(15)11-14-6-4-9-16(14)20;24-17(11-27(26)20-16(19(25)23-27)8-3-9-21-20)22-18-14-6-1-4-12(14)10-13-5-2-7-15(13)18;22-16(10-26(24)15-7-8-25-18(15)19(23)21-26)20-17-13-5-1-3-11(13)9-12-4-2-6-14(12)17/h1-2,5,8,11H,3-4,6-7,9-10,12-13H2,(H,23,25);1-2,5,10H,3-4,6-9,11H2,(H,23,25);1-2,7,10-11H,3-6,8-9,12H2,(H,22,24);3,8-10H,1-2,4-7,11H2,(H,22,24);7-9H,1-6,10H2,(H,20,22). The second kappa shape index (κ2) is 36.2. The van der Waals surface area contributed by atoms with E-state index >= 15 is 0 Å². The van der Waals surface area contributed by atoms with Gasteiger partial charge < -0.3 is 26.6 Å². The van der Waals surface area contributed by atoms with Crippen molar-refractivity contribution < 1.29 is 73.4 Å². The molecule has 33 heteroatoms. The summed E-state index contributed by atoms with van der Waals surface area (Å²) in [6.07, 6.45) is 31.1. The van der Waals surface area contributed by atoms with Gasteiger partial charge >= 0.3 is 0 Å². The van der Waals surface area contributed by atoms with Crippen molar-refractivity contribution in [3.05, 3.63) is 277 Å². The van der Waals surface area contributed by atoms with Gasteiger partial charge in [0.2, 0.25) is 29.5 Å². The molecule has 0 radical (unpaired) electrons. The number of carbonyl (C=O) groups excluding carboxylic acids is 10. The molecule has 7 heterocycles. The molecule has 2 aromatic heterocycles. The molecule has 0 spiro atoms. The van der Waals surface area contributed by atoms with Crippen LogP contribution < -0.4 is 26.6 Å². The second-order valence-corrected chi connectivity index (χ2v) is 49.2. The molecule has 5 unspecified atom stereocenters. The predicted molar refractivity (Wildman–Crippen MR) is 519 cm³/mol. The van der Waals surface area contributed by atoms with Gasteiger partial charge in [-0.1, -0.05) is 66.7 Å². The molecule has 5 aliphatic heterocycles. The fourth-order valence-corrected chi connectivity index (χ4v) is 33.4. The molecule has 0 fully saturated rings. The van der Waals surface area contributed by atoms with Gasteiger partial charge in [0.25, 0.3) is 29.5 Å². The lowest BCUT2D eigenvalue weighted by molar-refractivity contribution is -0.114. The summed E-state index contributed by atoms with van der Waals surface area (Å²) in [7, 11) is -15.3. The van der Waals surface area contributed by atoms with E-state index in [1.807, 2.05) is 6.07 Å². The zero-order valence-electron chi connectivity index (χ0n) is 74.7. The Morgan fingerprint density at radius 3 is 0.993 bits per heavy atom. The van der Waals surface area contributed by atoms with Gasteiger partial charge in [0.1, 0.15) is 54.2 Å².